The molecular weight excluding hydrogens is 258 g/mol. The van der Waals surface area contributed by atoms with Gasteiger partial charge in [0, 0.05) is 13.2 Å². The molecule has 6 heteroatoms. The van der Waals surface area contributed by atoms with Crippen LogP contribution in [0.2, 0.25) is 0 Å². The SMILES string of the molecule is CCCC(C)(NC(=O)c1cn(C)nc1CC)C(=O)OC. The Balaban J connectivity index is 2.99. The first-order valence-corrected chi connectivity index (χ1v) is 6.81. The van der Waals surface area contributed by atoms with Gasteiger partial charge < -0.3 is 10.1 Å². The van der Waals surface area contributed by atoms with Crippen molar-refractivity contribution >= 4 is 11.9 Å². The van der Waals surface area contributed by atoms with Crippen molar-refractivity contribution in [2.45, 2.75) is 45.6 Å². The molecule has 6 nitrogen and oxygen atoms in total. The van der Waals surface area contributed by atoms with Gasteiger partial charge in [-0.2, -0.15) is 5.10 Å². The predicted molar refractivity (Wildman–Crippen MR) is 75.4 cm³/mol. The minimum atomic E-state index is -1.01. The molecule has 0 bridgehead atoms. The number of aryl methyl sites for hydroxylation is 2. The third-order valence-corrected chi connectivity index (χ3v) is 3.26. The summed E-state index contributed by atoms with van der Waals surface area (Å²) in [6.45, 7) is 5.57. The summed E-state index contributed by atoms with van der Waals surface area (Å²) in [4.78, 5) is 24.3. The molecule has 0 aromatic carbocycles. The van der Waals surface area contributed by atoms with Gasteiger partial charge in [-0.15, -0.1) is 0 Å². The lowest BCUT2D eigenvalue weighted by Crippen LogP contribution is -2.52. The molecule has 1 rings (SSSR count). The van der Waals surface area contributed by atoms with E-state index in [2.05, 4.69) is 10.4 Å². The molecule has 0 radical (unpaired) electrons. The Morgan fingerprint density at radius 1 is 1.45 bits per heavy atom. The molecule has 0 saturated heterocycles. The first kappa shape index (κ1) is 16.2. The normalized spacial score (nSPS) is 13.7. The first-order valence-electron chi connectivity index (χ1n) is 6.81. The maximum Gasteiger partial charge on any atom is 0.331 e. The molecule has 1 N–H and O–H groups in total. The van der Waals surface area contributed by atoms with Gasteiger partial charge in [0.15, 0.2) is 0 Å². The Kier molecular flexibility index (Phi) is 5.30. The average molecular weight is 281 g/mol. The van der Waals surface area contributed by atoms with Gasteiger partial charge in [-0.25, -0.2) is 4.79 Å². The number of methoxy groups -OCH3 is 1. The zero-order chi connectivity index (χ0) is 15.3. The van der Waals surface area contributed by atoms with Crippen LogP contribution < -0.4 is 5.32 Å². The van der Waals surface area contributed by atoms with Gasteiger partial charge in [-0.3, -0.25) is 9.48 Å². The van der Waals surface area contributed by atoms with Crippen LogP contribution >= 0.6 is 0 Å². The molecule has 1 aromatic heterocycles. The van der Waals surface area contributed by atoms with Crippen molar-refractivity contribution in [1.29, 1.82) is 0 Å². The number of aromatic nitrogens is 2. The lowest BCUT2D eigenvalue weighted by molar-refractivity contribution is -0.147. The second kappa shape index (κ2) is 6.54. The van der Waals surface area contributed by atoms with Crippen molar-refractivity contribution in [2.75, 3.05) is 7.11 Å². The summed E-state index contributed by atoms with van der Waals surface area (Å²) in [6.07, 6.45) is 3.61. The fourth-order valence-electron chi connectivity index (χ4n) is 2.24. The van der Waals surface area contributed by atoms with Crippen LogP contribution in [0.5, 0.6) is 0 Å². The monoisotopic (exact) mass is 281 g/mol. The van der Waals surface area contributed by atoms with Gasteiger partial charge >= 0.3 is 5.97 Å². The van der Waals surface area contributed by atoms with Crippen LogP contribution in [-0.2, 0) is 23.0 Å². The number of rotatable bonds is 6. The molecule has 0 aliphatic heterocycles. The van der Waals surface area contributed by atoms with E-state index in [1.54, 1.807) is 24.9 Å². The van der Waals surface area contributed by atoms with E-state index in [4.69, 9.17) is 4.74 Å². The Bertz CT molecular complexity index is 496. The van der Waals surface area contributed by atoms with E-state index in [0.29, 0.717) is 24.1 Å². The Morgan fingerprint density at radius 2 is 2.10 bits per heavy atom. The number of nitrogens with zero attached hydrogens (tertiary/aromatic N) is 2. The maximum absolute atomic E-state index is 12.4. The number of nitrogens with one attached hydrogen (secondary N) is 1. The van der Waals surface area contributed by atoms with Crippen LogP contribution in [0.15, 0.2) is 6.20 Å². The smallest absolute Gasteiger partial charge is 0.331 e. The summed E-state index contributed by atoms with van der Waals surface area (Å²) < 4.78 is 6.39. The van der Waals surface area contributed by atoms with Crippen LogP contribution in [0.4, 0.5) is 0 Å². The van der Waals surface area contributed by atoms with Crippen molar-refractivity contribution in [3.05, 3.63) is 17.5 Å². The summed E-state index contributed by atoms with van der Waals surface area (Å²) in [5, 5.41) is 7.01. The van der Waals surface area contributed by atoms with E-state index in [1.165, 1.54) is 7.11 Å². The zero-order valence-corrected chi connectivity index (χ0v) is 12.8. The summed E-state index contributed by atoms with van der Waals surface area (Å²) in [5.41, 5.74) is 0.205. The molecule has 1 aromatic rings. The number of esters is 1. The van der Waals surface area contributed by atoms with Crippen LogP contribution in [0.1, 0.15) is 49.7 Å². The van der Waals surface area contributed by atoms with Gasteiger partial charge in [0.1, 0.15) is 5.54 Å². The Morgan fingerprint density at radius 3 is 2.60 bits per heavy atom. The lowest BCUT2D eigenvalue weighted by atomic mass is 9.95. The summed E-state index contributed by atoms with van der Waals surface area (Å²) in [7, 11) is 3.09. The van der Waals surface area contributed by atoms with E-state index in [-0.39, 0.29) is 5.91 Å². The number of ether oxygens (including phenoxy) is 1. The Hall–Kier alpha value is -1.85. The summed E-state index contributed by atoms with van der Waals surface area (Å²) in [6, 6.07) is 0. The van der Waals surface area contributed by atoms with Gasteiger partial charge in [-0.1, -0.05) is 20.3 Å². The Labute approximate surface area is 119 Å². The largest absolute Gasteiger partial charge is 0.467 e. The molecule has 0 aliphatic carbocycles. The van der Waals surface area contributed by atoms with Crippen LogP contribution in [0, 0.1) is 0 Å². The number of hydrogen-bond donors (Lipinski definition) is 1. The standard InChI is InChI=1S/C14H23N3O3/c1-6-8-14(3,13(19)20-5)15-12(18)10-9-17(4)16-11(10)7-2/h9H,6-8H2,1-5H3,(H,15,18). The highest BCUT2D eigenvalue weighted by molar-refractivity contribution is 5.98. The highest BCUT2D eigenvalue weighted by Crippen LogP contribution is 2.16. The lowest BCUT2D eigenvalue weighted by Gasteiger charge is -2.27. The molecule has 0 aliphatic rings. The molecular formula is C14H23N3O3. The second-order valence-electron chi connectivity index (χ2n) is 5.04. The molecule has 1 amide bonds. The maximum atomic E-state index is 12.4. The van der Waals surface area contributed by atoms with Crippen LogP contribution in [0.25, 0.3) is 0 Å². The van der Waals surface area contributed by atoms with Crippen molar-refractivity contribution in [3.63, 3.8) is 0 Å². The molecule has 0 spiro atoms. The molecule has 20 heavy (non-hydrogen) atoms. The number of hydrogen-bond acceptors (Lipinski definition) is 4. The van der Waals surface area contributed by atoms with Gasteiger partial charge in [0.2, 0.25) is 0 Å². The van der Waals surface area contributed by atoms with Crippen LogP contribution in [-0.4, -0.2) is 34.3 Å². The number of carbonyl (C=O) groups excluding carboxylic acids is 2. The third-order valence-electron chi connectivity index (χ3n) is 3.26. The molecule has 1 heterocycles. The van der Waals surface area contributed by atoms with E-state index in [9.17, 15) is 9.59 Å². The van der Waals surface area contributed by atoms with Crippen molar-refractivity contribution in [2.24, 2.45) is 7.05 Å². The van der Waals surface area contributed by atoms with Crippen LogP contribution in [0.3, 0.4) is 0 Å². The number of carbonyl (C=O) groups is 2. The molecule has 0 saturated carbocycles. The van der Waals surface area contributed by atoms with Crippen molar-refractivity contribution in [3.8, 4) is 0 Å². The highest BCUT2D eigenvalue weighted by atomic mass is 16.5. The summed E-state index contributed by atoms with van der Waals surface area (Å²) >= 11 is 0. The zero-order valence-electron chi connectivity index (χ0n) is 12.8. The average Bonchev–Trinajstić information content (AvgIpc) is 2.79. The quantitative estimate of drug-likeness (QED) is 0.801. The molecule has 1 atom stereocenters. The first-order chi connectivity index (χ1) is 9.37. The van der Waals surface area contributed by atoms with Gasteiger partial charge in [0.05, 0.1) is 18.4 Å². The fraction of sp³-hybridized carbons (Fsp3) is 0.643. The molecule has 1 unspecified atom stereocenters. The third kappa shape index (κ3) is 3.37. The fourth-order valence-corrected chi connectivity index (χ4v) is 2.24. The van der Waals surface area contributed by atoms with Crippen molar-refractivity contribution < 1.29 is 14.3 Å². The van der Waals surface area contributed by atoms with E-state index in [1.807, 2.05) is 13.8 Å². The van der Waals surface area contributed by atoms with Crippen molar-refractivity contribution in [1.82, 2.24) is 15.1 Å². The topological polar surface area (TPSA) is 73.2 Å². The second-order valence-corrected chi connectivity index (χ2v) is 5.04. The molecule has 112 valence electrons. The van der Waals surface area contributed by atoms with E-state index >= 15 is 0 Å². The summed E-state index contributed by atoms with van der Waals surface area (Å²) in [5.74, 6) is -0.731. The van der Waals surface area contributed by atoms with E-state index < -0.39 is 11.5 Å². The van der Waals surface area contributed by atoms with Gasteiger partial charge in [0.25, 0.3) is 5.91 Å². The predicted octanol–water partition coefficient (Wildman–Crippen LogP) is 1.44. The highest BCUT2D eigenvalue weighted by Gasteiger charge is 2.36. The van der Waals surface area contributed by atoms with E-state index in [0.717, 1.165) is 6.42 Å². The molecule has 0 fully saturated rings. The number of amides is 1. The minimum absolute atomic E-state index is 0.295. The minimum Gasteiger partial charge on any atom is -0.467 e. The van der Waals surface area contributed by atoms with Gasteiger partial charge in [-0.05, 0) is 19.8 Å².